The number of carbonyl (C=O) groups is 1. The lowest BCUT2D eigenvalue weighted by Gasteiger charge is -2.15. The Balaban J connectivity index is 1.33. The second-order valence-electron chi connectivity index (χ2n) is 6.74. The first kappa shape index (κ1) is 16.1. The van der Waals surface area contributed by atoms with Crippen LogP contribution in [0.2, 0.25) is 0 Å². The quantitative estimate of drug-likeness (QED) is 0.837. The molecular formula is C19H23N3O3. The maximum Gasteiger partial charge on any atom is 0.227 e. The average molecular weight is 341 g/mol. The van der Waals surface area contributed by atoms with E-state index in [9.17, 15) is 4.79 Å². The summed E-state index contributed by atoms with van der Waals surface area (Å²) >= 11 is 0. The third-order valence-corrected chi connectivity index (χ3v) is 4.85. The maximum atomic E-state index is 12.3. The topological polar surface area (TPSA) is 77.2 Å². The van der Waals surface area contributed by atoms with Gasteiger partial charge in [-0.25, -0.2) is 0 Å². The van der Waals surface area contributed by atoms with Crippen molar-refractivity contribution in [1.82, 2.24) is 15.5 Å². The molecule has 1 amide bonds. The minimum atomic E-state index is 0.0193. The molecule has 0 unspecified atom stereocenters. The third-order valence-electron chi connectivity index (χ3n) is 4.85. The van der Waals surface area contributed by atoms with Crippen LogP contribution in [0.25, 0.3) is 0 Å². The first-order valence-electron chi connectivity index (χ1n) is 9.11. The van der Waals surface area contributed by atoms with Crippen LogP contribution >= 0.6 is 0 Å². The lowest BCUT2D eigenvalue weighted by atomic mass is 10.1. The molecule has 1 fully saturated rings. The highest BCUT2D eigenvalue weighted by Gasteiger charge is 2.29. The van der Waals surface area contributed by atoms with Crippen LogP contribution in [-0.4, -0.2) is 22.7 Å². The minimum Gasteiger partial charge on any atom is -0.494 e. The number of aryl methyl sites for hydroxylation is 1. The molecule has 0 spiro atoms. The van der Waals surface area contributed by atoms with Crippen molar-refractivity contribution >= 4 is 5.91 Å². The van der Waals surface area contributed by atoms with Crippen molar-refractivity contribution in [1.29, 1.82) is 0 Å². The number of carbonyl (C=O) groups excluding carboxylic acids is 1. The van der Waals surface area contributed by atoms with E-state index < -0.39 is 0 Å². The van der Waals surface area contributed by atoms with Gasteiger partial charge in [-0.1, -0.05) is 17.3 Å². The molecule has 2 aromatic rings. The Bertz CT molecular complexity index is 767. The molecule has 0 saturated heterocycles. The number of nitrogens with one attached hydrogen (secondary N) is 1. The Hall–Kier alpha value is -2.37. The minimum absolute atomic E-state index is 0.0193. The fraction of sp³-hybridized carbons (Fsp3) is 0.526. The molecule has 6 nitrogen and oxygen atoms in total. The highest BCUT2D eigenvalue weighted by Crippen LogP contribution is 2.38. The van der Waals surface area contributed by atoms with E-state index in [-0.39, 0.29) is 11.9 Å². The lowest BCUT2D eigenvalue weighted by Crippen LogP contribution is -2.27. The molecular weight excluding hydrogens is 318 g/mol. The van der Waals surface area contributed by atoms with Gasteiger partial charge in [0.2, 0.25) is 11.8 Å². The van der Waals surface area contributed by atoms with Crippen molar-refractivity contribution in [3.63, 3.8) is 0 Å². The van der Waals surface area contributed by atoms with Gasteiger partial charge in [-0.3, -0.25) is 4.79 Å². The van der Waals surface area contributed by atoms with E-state index in [1.807, 2.05) is 19.1 Å². The molecule has 1 atom stereocenters. The smallest absolute Gasteiger partial charge is 0.227 e. The van der Waals surface area contributed by atoms with Gasteiger partial charge in [0.1, 0.15) is 5.75 Å². The molecule has 1 N–H and O–H groups in total. The van der Waals surface area contributed by atoms with E-state index in [0.29, 0.717) is 31.3 Å². The summed E-state index contributed by atoms with van der Waals surface area (Å²) in [5, 5.41) is 7.12. The summed E-state index contributed by atoms with van der Waals surface area (Å²) in [6, 6.07) is 6.13. The van der Waals surface area contributed by atoms with Gasteiger partial charge in [0.25, 0.3) is 0 Å². The van der Waals surface area contributed by atoms with Crippen LogP contribution in [0.1, 0.15) is 67.4 Å². The number of hydrogen-bond acceptors (Lipinski definition) is 5. The number of aromatic nitrogens is 2. The summed E-state index contributed by atoms with van der Waals surface area (Å²) in [6.45, 7) is 2.64. The van der Waals surface area contributed by atoms with Crippen LogP contribution in [0.4, 0.5) is 0 Å². The zero-order valence-electron chi connectivity index (χ0n) is 14.5. The molecule has 2 aliphatic carbocycles. The maximum absolute atomic E-state index is 12.3. The predicted molar refractivity (Wildman–Crippen MR) is 91.4 cm³/mol. The van der Waals surface area contributed by atoms with E-state index in [4.69, 9.17) is 9.26 Å². The molecule has 1 aromatic heterocycles. The number of fused-ring (bicyclic) bond motifs is 1. The summed E-state index contributed by atoms with van der Waals surface area (Å²) in [5.74, 6) is 2.79. The number of amides is 1. The molecule has 132 valence electrons. The van der Waals surface area contributed by atoms with Gasteiger partial charge in [0.15, 0.2) is 5.82 Å². The molecule has 1 heterocycles. The molecule has 1 saturated carbocycles. The second kappa shape index (κ2) is 6.86. The van der Waals surface area contributed by atoms with Crippen LogP contribution in [0.3, 0.4) is 0 Å². The van der Waals surface area contributed by atoms with Gasteiger partial charge in [0.05, 0.1) is 12.6 Å². The summed E-state index contributed by atoms with van der Waals surface area (Å²) in [7, 11) is 0. The van der Waals surface area contributed by atoms with Crippen LogP contribution in [0.5, 0.6) is 5.75 Å². The van der Waals surface area contributed by atoms with E-state index in [0.717, 1.165) is 37.3 Å². The predicted octanol–water partition coefficient (Wildman–Crippen LogP) is 3.08. The van der Waals surface area contributed by atoms with Crippen LogP contribution in [-0.2, 0) is 17.6 Å². The van der Waals surface area contributed by atoms with E-state index in [1.165, 1.54) is 11.1 Å². The van der Waals surface area contributed by atoms with Crippen molar-refractivity contribution in [2.24, 2.45) is 0 Å². The molecule has 0 bridgehead atoms. The van der Waals surface area contributed by atoms with Gasteiger partial charge < -0.3 is 14.6 Å². The monoisotopic (exact) mass is 341 g/mol. The third kappa shape index (κ3) is 3.52. The van der Waals surface area contributed by atoms with E-state index >= 15 is 0 Å². The lowest BCUT2D eigenvalue weighted by molar-refractivity contribution is -0.121. The summed E-state index contributed by atoms with van der Waals surface area (Å²) in [4.78, 5) is 16.7. The van der Waals surface area contributed by atoms with Crippen LogP contribution in [0, 0.1) is 0 Å². The molecule has 4 rings (SSSR count). The normalized spacial score (nSPS) is 18.8. The summed E-state index contributed by atoms with van der Waals surface area (Å²) < 4.78 is 10.9. The van der Waals surface area contributed by atoms with Crippen molar-refractivity contribution in [3.8, 4) is 5.75 Å². The Labute approximate surface area is 147 Å². The van der Waals surface area contributed by atoms with Crippen LogP contribution < -0.4 is 10.1 Å². The first-order valence-corrected chi connectivity index (χ1v) is 9.11. The second-order valence-corrected chi connectivity index (χ2v) is 6.74. The van der Waals surface area contributed by atoms with Gasteiger partial charge in [-0.05, 0) is 49.8 Å². The molecule has 2 aliphatic rings. The molecule has 0 radical (unpaired) electrons. The molecule has 0 aliphatic heterocycles. The van der Waals surface area contributed by atoms with Gasteiger partial charge >= 0.3 is 0 Å². The fourth-order valence-corrected chi connectivity index (χ4v) is 3.43. The summed E-state index contributed by atoms with van der Waals surface area (Å²) in [5.41, 5.74) is 2.40. The Morgan fingerprint density at radius 2 is 2.24 bits per heavy atom. The number of hydrogen-bond donors (Lipinski definition) is 1. The SMILES string of the molecule is CCOc1cccc2c1CC[C@H]2NC(=O)CCc1nc(C2CC2)no1. The van der Waals surface area contributed by atoms with E-state index in [2.05, 4.69) is 21.5 Å². The number of nitrogens with zero attached hydrogens (tertiary/aromatic N) is 2. The Morgan fingerprint density at radius 3 is 3.04 bits per heavy atom. The number of benzene rings is 1. The highest BCUT2D eigenvalue weighted by atomic mass is 16.5. The molecule has 1 aromatic carbocycles. The van der Waals surface area contributed by atoms with E-state index in [1.54, 1.807) is 0 Å². The molecule has 6 heteroatoms. The first-order chi connectivity index (χ1) is 12.2. The Kier molecular flexibility index (Phi) is 4.42. The van der Waals surface area contributed by atoms with Crippen molar-refractivity contribution in [2.75, 3.05) is 6.61 Å². The standard InChI is InChI=1S/C19H23N3O3/c1-2-24-16-5-3-4-13-14(16)8-9-15(13)20-17(23)10-11-18-21-19(22-25-18)12-6-7-12/h3-5,12,15H,2,6-11H2,1H3,(H,20,23)/t15-/m1/s1. The number of rotatable bonds is 7. The largest absolute Gasteiger partial charge is 0.494 e. The van der Waals surface area contributed by atoms with Gasteiger partial charge in [-0.2, -0.15) is 4.98 Å². The summed E-state index contributed by atoms with van der Waals surface area (Å²) in [6.07, 6.45) is 4.99. The molecule has 25 heavy (non-hydrogen) atoms. The van der Waals surface area contributed by atoms with Crippen LogP contribution in [0.15, 0.2) is 22.7 Å². The van der Waals surface area contributed by atoms with Crippen molar-refractivity contribution in [2.45, 2.75) is 57.4 Å². The van der Waals surface area contributed by atoms with Gasteiger partial charge in [0, 0.05) is 18.8 Å². The zero-order valence-corrected chi connectivity index (χ0v) is 14.5. The van der Waals surface area contributed by atoms with Crippen molar-refractivity contribution in [3.05, 3.63) is 41.0 Å². The highest BCUT2D eigenvalue weighted by molar-refractivity contribution is 5.76. The number of ether oxygens (including phenoxy) is 1. The fourth-order valence-electron chi connectivity index (χ4n) is 3.43. The van der Waals surface area contributed by atoms with Crippen molar-refractivity contribution < 1.29 is 14.1 Å². The Morgan fingerprint density at radius 1 is 1.36 bits per heavy atom. The average Bonchev–Trinajstić information content (AvgIpc) is 3.22. The zero-order chi connectivity index (χ0) is 17.2. The van der Waals surface area contributed by atoms with Gasteiger partial charge in [-0.15, -0.1) is 0 Å².